The summed E-state index contributed by atoms with van der Waals surface area (Å²) in [6.45, 7) is -1.05. The van der Waals surface area contributed by atoms with Crippen LogP contribution in [0.15, 0.2) is 30.3 Å². The van der Waals surface area contributed by atoms with Crippen LogP contribution >= 0.6 is 0 Å². The van der Waals surface area contributed by atoms with Crippen molar-refractivity contribution in [1.29, 1.82) is 0 Å². The predicted octanol–water partition coefficient (Wildman–Crippen LogP) is 1.59. The molecular formula is C15H18F2N6. The Hall–Kier alpha value is -1.93. The summed E-state index contributed by atoms with van der Waals surface area (Å²) in [6, 6.07) is 10.4. The highest BCUT2D eigenvalue weighted by atomic mass is 19.3. The van der Waals surface area contributed by atoms with Crippen molar-refractivity contribution in [2.24, 2.45) is 0 Å². The number of piperazine rings is 1. The molecule has 2 bridgehead atoms. The molecule has 0 amide bonds. The molecule has 0 radical (unpaired) electrons. The number of likely N-dealkylation sites (tertiary alicyclic amines) is 1. The van der Waals surface area contributed by atoms with Crippen LogP contribution in [0.1, 0.15) is 36.8 Å². The minimum absolute atomic E-state index is 0.242. The van der Waals surface area contributed by atoms with Gasteiger partial charge in [-0.15, -0.1) is 10.2 Å². The van der Waals surface area contributed by atoms with Gasteiger partial charge in [0, 0.05) is 25.2 Å². The van der Waals surface area contributed by atoms with Crippen LogP contribution in [0, 0.1) is 0 Å². The molecule has 2 saturated heterocycles. The van der Waals surface area contributed by atoms with Crippen molar-refractivity contribution in [3.05, 3.63) is 41.7 Å². The van der Waals surface area contributed by atoms with E-state index in [1.54, 1.807) is 0 Å². The first-order valence-corrected chi connectivity index (χ1v) is 7.83. The third-order valence-electron chi connectivity index (χ3n) is 4.59. The molecule has 2 aromatic rings. The van der Waals surface area contributed by atoms with E-state index in [2.05, 4.69) is 25.6 Å². The third kappa shape index (κ3) is 2.84. The summed E-state index contributed by atoms with van der Waals surface area (Å²) in [7, 11) is 0. The van der Waals surface area contributed by atoms with Crippen LogP contribution in [-0.2, 0) is 0 Å². The number of benzene rings is 1. The van der Waals surface area contributed by atoms with Gasteiger partial charge >= 0.3 is 6.55 Å². The monoisotopic (exact) mass is 320 g/mol. The van der Waals surface area contributed by atoms with Crippen LogP contribution in [0.4, 0.5) is 8.78 Å². The van der Waals surface area contributed by atoms with Crippen molar-refractivity contribution in [2.75, 3.05) is 13.1 Å². The Morgan fingerprint density at radius 2 is 1.78 bits per heavy atom. The molecule has 2 aliphatic heterocycles. The number of rotatable bonds is 4. The van der Waals surface area contributed by atoms with Crippen LogP contribution < -0.4 is 5.32 Å². The lowest BCUT2D eigenvalue weighted by molar-refractivity contribution is 0.0389. The number of aromatic nitrogens is 4. The summed E-state index contributed by atoms with van der Waals surface area (Å²) in [5, 5.41) is 14.9. The maximum Gasteiger partial charge on any atom is 0.350 e. The van der Waals surface area contributed by atoms with E-state index in [9.17, 15) is 8.78 Å². The van der Waals surface area contributed by atoms with Gasteiger partial charge in [-0.2, -0.15) is 8.78 Å². The number of fused-ring (bicyclic) bond motifs is 2. The van der Waals surface area contributed by atoms with Crippen LogP contribution in [0.5, 0.6) is 0 Å². The lowest BCUT2D eigenvalue weighted by atomic mass is 10.0. The highest BCUT2D eigenvalue weighted by molar-refractivity contribution is 5.25. The number of alkyl halides is 2. The van der Waals surface area contributed by atoms with Crippen LogP contribution in [0.2, 0.25) is 0 Å². The summed E-state index contributed by atoms with van der Waals surface area (Å²) >= 11 is 0. The van der Waals surface area contributed by atoms with Crippen molar-refractivity contribution in [3.8, 4) is 0 Å². The molecule has 0 saturated carbocycles. The number of halogens is 2. The summed E-state index contributed by atoms with van der Waals surface area (Å²) in [4.78, 5) is 2.66. The number of hydrogen-bond acceptors (Lipinski definition) is 5. The average Bonchev–Trinajstić information content (AvgIpc) is 3.16. The Morgan fingerprint density at radius 1 is 1.09 bits per heavy atom. The molecule has 0 aliphatic carbocycles. The zero-order valence-electron chi connectivity index (χ0n) is 12.5. The van der Waals surface area contributed by atoms with Gasteiger partial charge in [0.15, 0.2) is 5.82 Å². The van der Waals surface area contributed by atoms with Gasteiger partial charge in [-0.25, -0.2) is 0 Å². The van der Waals surface area contributed by atoms with E-state index in [0.717, 1.165) is 31.5 Å². The summed E-state index contributed by atoms with van der Waals surface area (Å²) in [5.41, 5.74) is 1.00. The van der Waals surface area contributed by atoms with E-state index >= 15 is 0 Å². The average molecular weight is 320 g/mol. The van der Waals surface area contributed by atoms with Gasteiger partial charge in [0.1, 0.15) is 0 Å². The largest absolute Gasteiger partial charge is 0.350 e. The number of tetrazole rings is 1. The molecule has 4 rings (SSSR count). The van der Waals surface area contributed by atoms with E-state index in [4.69, 9.17) is 0 Å². The number of nitrogens with zero attached hydrogens (tertiary/aromatic N) is 5. The lowest BCUT2D eigenvalue weighted by Crippen LogP contribution is -2.52. The molecule has 0 spiro atoms. The van der Waals surface area contributed by atoms with E-state index < -0.39 is 6.55 Å². The summed E-state index contributed by atoms with van der Waals surface area (Å²) in [6.07, 6.45) is 2.31. The fraction of sp³-hybridized carbons (Fsp3) is 0.533. The molecule has 23 heavy (non-hydrogen) atoms. The molecule has 1 aromatic carbocycles. The SMILES string of the molecule is FC(F)n1nnc(C(c2ccccc2)N2CC3CCC(C2)N3)n1. The Balaban J connectivity index is 1.69. The Morgan fingerprint density at radius 3 is 2.39 bits per heavy atom. The number of nitrogens with one attached hydrogen (secondary N) is 1. The molecule has 122 valence electrons. The highest BCUT2D eigenvalue weighted by Gasteiger charge is 2.37. The van der Waals surface area contributed by atoms with Crippen LogP contribution in [0.25, 0.3) is 0 Å². The first-order chi connectivity index (χ1) is 11.2. The fourth-order valence-electron chi connectivity index (χ4n) is 3.63. The zero-order chi connectivity index (χ0) is 15.8. The van der Waals surface area contributed by atoms with Crippen molar-refractivity contribution in [1.82, 2.24) is 30.4 Å². The normalized spacial score (nSPS) is 25.9. The minimum Gasteiger partial charge on any atom is -0.309 e. The molecule has 3 unspecified atom stereocenters. The molecule has 8 heteroatoms. The molecule has 6 nitrogen and oxygen atoms in total. The van der Waals surface area contributed by atoms with E-state index in [1.807, 2.05) is 30.3 Å². The van der Waals surface area contributed by atoms with Crippen molar-refractivity contribution in [2.45, 2.75) is 37.5 Å². The Kier molecular flexibility index (Phi) is 3.78. The first kappa shape index (κ1) is 14.6. The van der Waals surface area contributed by atoms with Gasteiger partial charge in [0.2, 0.25) is 0 Å². The van der Waals surface area contributed by atoms with Gasteiger partial charge in [-0.05, 0) is 23.6 Å². The fourth-order valence-corrected chi connectivity index (χ4v) is 3.63. The number of hydrogen-bond donors (Lipinski definition) is 1. The highest BCUT2D eigenvalue weighted by Crippen LogP contribution is 2.31. The lowest BCUT2D eigenvalue weighted by Gasteiger charge is -2.37. The molecule has 3 heterocycles. The molecule has 3 atom stereocenters. The Labute approximate surface area is 132 Å². The van der Waals surface area contributed by atoms with E-state index in [-0.39, 0.29) is 6.04 Å². The van der Waals surface area contributed by atoms with Gasteiger partial charge in [0.25, 0.3) is 0 Å². The second-order valence-electron chi connectivity index (χ2n) is 6.15. The molecule has 1 aromatic heterocycles. The molecular weight excluding hydrogens is 302 g/mol. The maximum atomic E-state index is 12.8. The first-order valence-electron chi connectivity index (χ1n) is 7.83. The second-order valence-corrected chi connectivity index (χ2v) is 6.15. The van der Waals surface area contributed by atoms with Gasteiger partial charge in [-0.1, -0.05) is 35.1 Å². The zero-order valence-corrected chi connectivity index (χ0v) is 12.5. The van der Waals surface area contributed by atoms with Gasteiger partial charge in [0.05, 0.1) is 6.04 Å². The smallest absolute Gasteiger partial charge is 0.309 e. The van der Waals surface area contributed by atoms with Gasteiger partial charge in [-0.3, -0.25) is 4.90 Å². The third-order valence-corrected chi connectivity index (χ3v) is 4.59. The summed E-state index contributed by atoms with van der Waals surface area (Å²) < 4.78 is 25.6. The van der Waals surface area contributed by atoms with E-state index in [1.165, 1.54) is 0 Å². The van der Waals surface area contributed by atoms with Crippen LogP contribution in [-0.4, -0.2) is 50.3 Å². The molecule has 1 N–H and O–H groups in total. The Bertz CT molecular complexity index is 649. The topological polar surface area (TPSA) is 58.9 Å². The standard InChI is InChI=1S/C15H18F2N6/c16-15(17)23-20-14(19-21-23)13(10-4-2-1-3-5-10)22-8-11-6-7-12(9-22)18-11/h1-5,11-13,15,18H,6-9H2. The summed E-state index contributed by atoms with van der Waals surface area (Å²) in [5.74, 6) is 0.331. The van der Waals surface area contributed by atoms with Crippen molar-refractivity contribution < 1.29 is 8.78 Å². The van der Waals surface area contributed by atoms with E-state index in [0.29, 0.717) is 22.7 Å². The minimum atomic E-state index is -2.77. The molecule has 2 aliphatic rings. The maximum absolute atomic E-state index is 12.8. The van der Waals surface area contributed by atoms with Gasteiger partial charge < -0.3 is 5.32 Å². The predicted molar refractivity (Wildman–Crippen MR) is 78.9 cm³/mol. The molecule has 2 fully saturated rings. The van der Waals surface area contributed by atoms with Crippen LogP contribution in [0.3, 0.4) is 0 Å². The van der Waals surface area contributed by atoms with Crippen molar-refractivity contribution in [3.63, 3.8) is 0 Å². The second kappa shape index (κ2) is 5.93. The quantitative estimate of drug-likeness (QED) is 0.927. The van der Waals surface area contributed by atoms with Crippen molar-refractivity contribution >= 4 is 0 Å².